The Kier molecular flexibility index (Phi) is 4.09. The summed E-state index contributed by atoms with van der Waals surface area (Å²) in [7, 11) is 0. The zero-order chi connectivity index (χ0) is 15.8. The van der Waals surface area contributed by atoms with Gasteiger partial charge in [0.25, 0.3) is 0 Å². The molecule has 0 aliphatic carbocycles. The predicted molar refractivity (Wildman–Crippen MR) is 89.9 cm³/mol. The topological polar surface area (TPSA) is 67.3 Å². The van der Waals surface area contributed by atoms with Gasteiger partial charge in [-0.3, -0.25) is 4.98 Å². The maximum atomic E-state index is 10.7. The van der Waals surface area contributed by atoms with Gasteiger partial charge < -0.3 is 15.2 Å². The molecule has 1 atom stereocenters. The van der Waals surface area contributed by atoms with Crippen LogP contribution in [0.4, 0.5) is 5.82 Å². The van der Waals surface area contributed by atoms with E-state index in [9.17, 15) is 5.11 Å². The van der Waals surface area contributed by atoms with Crippen LogP contribution >= 0.6 is 15.9 Å². The number of halogens is 1. The van der Waals surface area contributed by atoms with Gasteiger partial charge in [-0.05, 0) is 22.0 Å². The summed E-state index contributed by atoms with van der Waals surface area (Å²) in [5, 5.41) is 16.1. The van der Waals surface area contributed by atoms with Gasteiger partial charge in [0.2, 0.25) is 0 Å². The molecular weight excluding hydrogens is 346 g/mol. The summed E-state index contributed by atoms with van der Waals surface area (Å²) in [5.41, 5.74) is -1.13. The first-order chi connectivity index (χ1) is 10.4. The quantitative estimate of drug-likeness (QED) is 0.871. The molecule has 3 rings (SSSR count). The SMILES string of the molecule is CC(C)(CNc1ncc(Br)c2ccncc12)C1(O)CCOC1. The summed E-state index contributed by atoms with van der Waals surface area (Å²) in [4.78, 5) is 8.63. The van der Waals surface area contributed by atoms with E-state index in [1.165, 1.54) is 0 Å². The zero-order valence-electron chi connectivity index (χ0n) is 12.8. The summed E-state index contributed by atoms with van der Waals surface area (Å²) in [6, 6.07) is 1.95. The molecule has 1 aliphatic rings. The van der Waals surface area contributed by atoms with Crippen molar-refractivity contribution in [1.29, 1.82) is 0 Å². The van der Waals surface area contributed by atoms with Gasteiger partial charge in [0.1, 0.15) is 5.82 Å². The van der Waals surface area contributed by atoms with Crippen LogP contribution in [0.15, 0.2) is 29.1 Å². The third kappa shape index (κ3) is 2.71. The van der Waals surface area contributed by atoms with E-state index in [2.05, 4.69) is 31.2 Å². The third-order valence-corrected chi connectivity index (χ3v) is 5.23. The van der Waals surface area contributed by atoms with Crippen molar-refractivity contribution in [2.24, 2.45) is 5.41 Å². The van der Waals surface area contributed by atoms with E-state index in [-0.39, 0.29) is 5.41 Å². The first-order valence-corrected chi connectivity index (χ1v) is 8.14. The van der Waals surface area contributed by atoms with E-state index >= 15 is 0 Å². The zero-order valence-corrected chi connectivity index (χ0v) is 14.4. The molecule has 6 heteroatoms. The Morgan fingerprint density at radius 2 is 2.23 bits per heavy atom. The average molecular weight is 366 g/mol. The van der Waals surface area contributed by atoms with E-state index in [0.717, 1.165) is 21.1 Å². The molecule has 0 radical (unpaired) electrons. The van der Waals surface area contributed by atoms with Crippen LogP contribution < -0.4 is 5.32 Å². The molecule has 2 N–H and O–H groups in total. The molecule has 5 nitrogen and oxygen atoms in total. The van der Waals surface area contributed by atoms with Crippen LogP contribution in [0.25, 0.3) is 10.8 Å². The van der Waals surface area contributed by atoms with Crippen molar-refractivity contribution in [2.45, 2.75) is 25.9 Å². The lowest BCUT2D eigenvalue weighted by atomic mass is 9.74. The fourth-order valence-corrected chi connectivity index (χ4v) is 3.20. The Morgan fingerprint density at radius 3 is 2.95 bits per heavy atom. The molecule has 22 heavy (non-hydrogen) atoms. The fourth-order valence-electron chi connectivity index (χ4n) is 2.75. The Bertz CT molecular complexity index is 684. The monoisotopic (exact) mass is 365 g/mol. The Balaban J connectivity index is 1.84. The number of fused-ring (bicyclic) bond motifs is 1. The highest BCUT2D eigenvalue weighted by atomic mass is 79.9. The van der Waals surface area contributed by atoms with Crippen molar-refractivity contribution in [3.8, 4) is 0 Å². The highest BCUT2D eigenvalue weighted by Crippen LogP contribution is 2.38. The number of anilines is 1. The van der Waals surface area contributed by atoms with E-state index in [4.69, 9.17) is 4.74 Å². The smallest absolute Gasteiger partial charge is 0.135 e. The summed E-state index contributed by atoms with van der Waals surface area (Å²) in [5.74, 6) is 0.780. The van der Waals surface area contributed by atoms with Gasteiger partial charge in [0, 0.05) is 58.8 Å². The van der Waals surface area contributed by atoms with Crippen LogP contribution in [-0.4, -0.2) is 40.4 Å². The number of aromatic nitrogens is 2. The molecule has 1 fully saturated rings. The van der Waals surface area contributed by atoms with E-state index in [0.29, 0.717) is 26.2 Å². The van der Waals surface area contributed by atoms with Crippen molar-refractivity contribution >= 4 is 32.5 Å². The van der Waals surface area contributed by atoms with E-state index in [1.54, 1.807) is 18.6 Å². The normalized spacial score (nSPS) is 22.2. The van der Waals surface area contributed by atoms with Crippen LogP contribution in [-0.2, 0) is 4.74 Å². The van der Waals surface area contributed by atoms with Gasteiger partial charge in [-0.25, -0.2) is 4.98 Å². The van der Waals surface area contributed by atoms with Gasteiger partial charge in [-0.2, -0.15) is 0 Å². The molecule has 0 bridgehead atoms. The van der Waals surface area contributed by atoms with Crippen LogP contribution in [0, 0.1) is 5.41 Å². The van der Waals surface area contributed by atoms with Crippen LogP contribution in [0.5, 0.6) is 0 Å². The minimum absolute atomic E-state index is 0.327. The summed E-state index contributed by atoms with van der Waals surface area (Å²) < 4.78 is 6.32. The highest BCUT2D eigenvalue weighted by molar-refractivity contribution is 9.10. The predicted octanol–water partition coefficient (Wildman–Crippen LogP) is 2.98. The Morgan fingerprint density at radius 1 is 1.41 bits per heavy atom. The second-order valence-electron chi connectivity index (χ2n) is 6.45. The number of aliphatic hydroxyl groups is 1. The molecule has 0 aromatic carbocycles. The minimum Gasteiger partial charge on any atom is -0.387 e. The molecule has 1 aliphatic heterocycles. The lowest BCUT2D eigenvalue weighted by molar-refractivity contribution is -0.0630. The van der Waals surface area contributed by atoms with E-state index in [1.807, 2.05) is 19.9 Å². The molecule has 1 unspecified atom stereocenters. The Hall–Kier alpha value is -1.24. The molecule has 0 spiro atoms. The summed E-state index contributed by atoms with van der Waals surface area (Å²) >= 11 is 3.51. The first kappa shape index (κ1) is 15.6. The number of pyridine rings is 2. The standard InChI is InChI=1S/C16H20BrN3O2/c1-15(2,16(21)4-6-22-10-16)9-20-14-12-7-18-5-3-11(12)13(17)8-19-14/h3,5,7-8,21H,4,6,9-10H2,1-2H3,(H,19,20). The number of hydrogen-bond donors (Lipinski definition) is 2. The lowest BCUT2D eigenvalue weighted by Gasteiger charge is -2.39. The number of nitrogens with zero attached hydrogens (tertiary/aromatic N) is 2. The van der Waals surface area contributed by atoms with Crippen LogP contribution in [0.3, 0.4) is 0 Å². The Labute approximate surface area is 138 Å². The van der Waals surface area contributed by atoms with Crippen LogP contribution in [0.1, 0.15) is 20.3 Å². The molecule has 0 amide bonds. The minimum atomic E-state index is -0.802. The van der Waals surface area contributed by atoms with Gasteiger partial charge in [0.05, 0.1) is 12.2 Å². The average Bonchev–Trinajstić information content (AvgIpc) is 2.96. The van der Waals surface area contributed by atoms with Gasteiger partial charge >= 0.3 is 0 Å². The number of rotatable bonds is 4. The molecule has 118 valence electrons. The first-order valence-electron chi connectivity index (χ1n) is 7.35. The van der Waals surface area contributed by atoms with Crippen LogP contribution in [0.2, 0.25) is 0 Å². The number of ether oxygens (including phenoxy) is 1. The van der Waals surface area contributed by atoms with Crippen molar-refractivity contribution in [3.63, 3.8) is 0 Å². The van der Waals surface area contributed by atoms with Gasteiger partial charge in [-0.15, -0.1) is 0 Å². The van der Waals surface area contributed by atoms with Crippen molar-refractivity contribution in [3.05, 3.63) is 29.1 Å². The lowest BCUT2D eigenvalue weighted by Crippen LogP contribution is -2.49. The third-order valence-electron chi connectivity index (χ3n) is 4.60. The largest absolute Gasteiger partial charge is 0.387 e. The maximum Gasteiger partial charge on any atom is 0.135 e. The van der Waals surface area contributed by atoms with Crippen molar-refractivity contribution in [2.75, 3.05) is 25.1 Å². The molecule has 1 saturated heterocycles. The summed E-state index contributed by atoms with van der Waals surface area (Å²) in [6.45, 7) is 5.70. The number of nitrogens with one attached hydrogen (secondary N) is 1. The van der Waals surface area contributed by atoms with Crippen molar-refractivity contribution in [1.82, 2.24) is 9.97 Å². The van der Waals surface area contributed by atoms with Gasteiger partial charge in [0.15, 0.2) is 0 Å². The molecule has 0 saturated carbocycles. The maximum absolute atomic E-state index is 10.7. The summed E-state index contributed by atoms with van der Waals surface area (Å²) in [6.07, 6.45) is 6.01. The molecular formula is C16H20BrN3O2. The second kappa shape index (κ2) is 5.76. The fraction of sp³-hybridized carbons (Fsp3) is 0.500. The highest BCUT2D eigenvalue weighted by Gasteiger charge is 2.46. The number of hydrogen-bond acceptors (Lipinski definition) is 5. The molecule has 2 aromatic heterocycles. The van der Waals surface area contributed by atoms with Gasteiger partial charge in [-0.1, -0.05) is 13.8 Å². The van der Waals surface area contributed by atoms with Crippen molar-refractivity contribution < 1.29 is 9.84 Å². The van der Waals surface area contributed by atoms with E-state index < -0.39 is 5.60 Å². The second-order valence-corrected chi connectivity index (χ2v) is 7.30. The molecule has 3 heterocycles. The molecule has 2 aromatic rings.